The van der Waals surface area contributed by atoms with Gasteiger partial charge in [-0.15, -0.1) is 0 Å². The SMILES string of the molecule is NC(=O)CCNC(=O)CCNC(=O)CNC(=O)CN1CCN(C(=O)CN2CCN(CC(=O)O)CCN(CC(=O)O)CC2)CC1. The zero-order valence-electron chi connectivity index (χ0n) is 25.0. The summed E-state index contributed by atoms with van der Waals surface area (Å²) in [7, 11) is 0. The molecule has 248 valence electrons. The number of aliphatic carboxylic acids is 2. The zero-order valence-corrected chi connectivity index (χ0v) is 25.0. The quantitative estimate of drug-likeness (QED) is 0.0940. The summed E-state index contributed by atoms with van der Waals surface area (Å²) in [5, 5.41) is 26.0. The molecule has 0 aromatic rings. The molecule has 2 heterocycles. The summed E-state index contributed by atoms with van der Waals surface area (Å²) >= 11 is 0. The van der Waals surface area contributed by atoms with Crippen LogP contribution in [0.25, 0.3) is 0 Å². The first-order chi connectivity index (χ1) is 20.9. The molecule has 0 aliphatic carbocycles. The van der Waals surface area contributed by atoms with Gasteiger partial charge in [-0.05, 0) is 0 Å². The Balaban J connectivity index is 1.69. The van der Waals surface area contributed by atoms with Crippen LogP contribution in [0.3, 0.4) is 0 Å². The van der Waals surface area contributed by atoms with Gasteiger partial charge in [0.1, 0.15) is 0 Å². The molecular formula is C26H45N9O9. The van der Waals surface area contributed by atoms with E-state index in [1.165, 1.54) is 0 Å². The summed E-state index contributed by atoms with van der Waals surface area (Å²) in [4.78, 5) is 91.1. The van der Waals surface area contributed by atoms with Crippen molar-refractivity contribution in [3.05, 3.63) is 0 Å². The zero-order chi connectivity index (χ0) is 32.5. The van der Waals surface area contributed by atoms with Gasteiger partial charge < -0.3 is 36.8 Å². The molecule has 0 atom stereocenters. The van der Waals surface area contributed by atoms with Crippen LogP contribution in [0.5, 0.6) is 0 Å². The van der Waals surface area contributed by atoms with E-state index in [4.69, 9.17) is 5.73 Å². The molecule has 44 heavy (non-hydrogen) atoms. The van der Waals surface area contributed by atoms with Crippen LogP contribution in [0.15, 0.2) is 0 Å². The van der Waals surface area contributed by atoms with Crippen molar-refractivity contribution in [3.63, 3.8) is 0 Å². The van der Waals surface area contributed by atoms with E-state index < -0.39 is 23.8 Å². The van der Waals surface area contributed by atoms with Crippen LogP contribution in [-0.2, 0) is 33.6 Å². The van der Waals surface area contributed by atoms with Gasteiger partial charge in [0, 0.05) is 91.4 Å². The normalized spacial score (nSPS) is 17.5. The number of rotatable bonds is 16. The number of hydrogen-bond acceptors (Lipinski definition) is 11. The number of nitrogens with two attached hydrogens (primary N) is 1. The number of hydrogen-bond donors (Lipinski definition) is 6. The fraction of sp³-hybridized carbons (Fsp3) is 0.731. The predicted octanol–water partition coefficient (Wildman–Crippen LogP) is -5.17. The minimum atomic E-state index is -0.969. The fourth-order valence-electron chi connectivity index (χ4n) is 4.72. The first kappa shape index (κ1) is 36.3. The van der Waals surface area contributed by atoms with Crippen LogP contribution in [-0.4, -0.2) is 187 Å². The lowest BCUT2D eigenvalue weighted by molar-refractivity contribution is -0.140. The molecule has 5 amide bonds. The minimum Gasteiger partial charge on any atom is -0.480 e. The van der Waals surface area contributed by atoms with Crippen molar-refractivity contribution in [3.8, 4) is 0 Å². The second-order valence-corrected chi connectivity index (χ2v) is 10.7. The molecular weight excluding hydrogens is 582 g/mol. The lowest BCUT2D eigenvalue weighted by Crippen LogP contribution is -2.53. The third-order valence-corrected chi connectivity index (χ3v) is 7.18. The summed E-state index contributed by atoms with van der Waals surface area (Å²) < 4.78 is 0. The van der Waals surface area contributed by atoms with Crippen molar-refractivity contribution in [2.75, 3.05) is 111 Å². The largest absolute Gasteiger partial charge is 0.480 e. The van der Waals surface area contributed by atoms with Crippen LogP contribution < -0.4 is 21.7 Å². The van der Waals surface area contributed by atoms with E-state index in [0.29, 0.717) is 65.4 Å². The van der Waals surface area contributed by atoms with Crippen LogP contribution >= 0.6 is 0 Å². The van der Waals surface area contributed by atoms with Crippen molar-refractivity contribution in [1.29, 1.82) is 0 Å². The molecule has 7 N–H and O–H groups in total. The van der Waals surface area contributed by atoms with Crippen molar-refractivity contribution in [2.45, 2.75) is 12.8 Å². The van der Waals surface area contributed by atoms with E-state index in [9.17, 15) is 43.8 Å². The van der Waals surface area contributed by atoms with Crippen molar-refractivity contribution >= 4 is 41.5 Å². The second kappa shape index (κ2) is 19.4. The Bertz CT molecular complexity index is 993. The third-order valence-electron chi connectivity index (χ3n) is 7.18. The second-order valence-electron chi connectivity index (χ2n) is 10.7. The topological polar surface area (TPSA) is 238 Å². The molecule has 18 heteroatoms. The smallest absolute Gasteiger partial charge is 0.317 e. The number of carbonyl (C=O) groups excluding carboxylic acids is 5. The first-order valence-electron chi connectivity index (χ1n) is 14.6. The van der Waals surface area contributed by atoms with E-state index in [-0.39, 0.29) is 76.4 Å². The highest BCUT2D eigenvalue weighted by molar-refractivity contribution is 5.86. The summed E-state index contributed by atoms with van der Waals surface area (Å²) in [6.07, 6.45) is 0.0483. The average Bonchev–Trinajstić information content (AvgIpc) is 3.03. The van der Waals surface area contributed by atoms with Gasteiger partial charge in [-0.3, -0.25) is 53.2 Å². The van der Waals surface area contributed by atoms with Crippen molar-refractivity contribution in [1.82, 2.24) is 40.4 Å². The van der Waals surface area contributed by atoms with E-state index >= 15 is 0 Å². The molecule has 2 fully saturated rings. The molecule has 0 aromatic heterocycles. The molecule has 0 spiro atoms. The van der Waals surface area contributed by atoms with Crippen molar-refractivity contribution < 1.29 is 43.8 Å². The average molecular weight is 628 g/mol. The van der Waals surface area contributed by atoms with Gasteiger partial charge in [0.05, 0.1) is 32.7 Å². The van der Waals surface area contributed by atoms with Crippen LogP contribution in [0.4, 0.5) is 0 Å². The molecule has 0 unspecified atom stereocenters. The first-order valence-corrected chi connectivity index (χ1v) is 14.6. The van der Waals surface area contributed by atoms with E-state index in [1.807, 2.05) is 9.80 Å². The van der Waals surface area contributed by atoms with E-state index in [1.54, 1.807) is 14.7 Å². The molecule has 18 nitrogen and oxygen atoms in total. The summed E-state index contributed by atoms with van der Waals surface area (Å²) in [6.45, 7) is 4.22. The molecule has 2 aliphatic heterocycles. The van der Waals surface area contributed by atoms with E-state index in [2.05, 4.69) is 16.0 Å². The number of carbonyl (C=O) groups is 7. The van der Waals surface area contributed by atoms with Gasteiger partial charge in [-0.2, -0.15) is 0 Å². The number of carboxylic acid groups (broad SMARTS) is 2. The molecule has 0 bridgehead atoms. The molecule has 2 aliphatic rings. The van der Waals surface area contributed by atoms with Gasteiger partial charge in [-0.25, -0.2) is 0 Å². The lowest BCUT2D eigenvalue weighted by atomic mass is 10.3. The highest BCUT2D eigenvalue weighted by atomic mass is 16.4. The Kier molecular flexibility index (Phi) is 16.0. The van der Waals surface area contributed by atoms with Gasteiger partial charge >= 0.3 is 11.9 Å². The Morgan fingerprint density at radius 3 is 1.45 bits per heavy atom. The van der Waals surface area contributed by atoms with Gasteiger partial charge in [0.25, 0.3) is 0 Å². The highest BCUT2D eigenvalue weighted by Crippen LogP contribution is 2.06. The van der Waals surface area contributed by atoms with Gasteiger partial charge in [0.15, 0.2) is 0 Å². The Morgan fingerprint density at radius 1 is 0.523 bits per heavy atom. The number of piperazine rings is 1. The lowest BCUT2D eigenvalue weighted by Gasteiger charge is -2.35. The number of nitrogens with one attached hydrogen (secondary N) is 3. The highest BCUT2D eigenvalue weighted by Gasteiger charge is 2.25. The van der Waals surface area contributed by atoms with Crippen LogP contribution in [0, 0.1) is 0 Å². The number of carboxylic acids is 2. The van der Waals surface area contributed by atoms with E-state index in [0.717, 1.165) is 0 Å². The predicted molar refractivity (Wildman–Crippen MR) is 155 cm³/mol. The number of nitrogens with zero attached hydrogens (tertiary/aromatic N) is 5. The van der Waals surface area contributed by atoms with Crippen LogP contribution in [0.2, 0.25) is 0 Å². The fourth-order valence-corrected chi connectivity index (χ4v) is 4.72. The Hall–Kier alpha value is -3.87. The summed E-state index contributed by atoms with van der Waals surface area (Å²) in [5.74, 6) is -3.70. The standard InChI is InChI=1S/C26H45N9O9/c27-20(36)1-3-28-21(37)2-4-29-22(38)15-30-23(39)16-31-11-13-35(14-12-31)24(40)17-32-5-7-33(18-25(41)42)9-10-34(8-6-32)19-26(43)44/h1-19H2,(H2,27,36)(H,28,37)(H,29,38)(H,30,39)(H,41,42)(H,43,44). The Labute approximate surface area is 255 Å². The molecule has 0 aromatic carbocycles. The van der Waals surface area contributed by atoms with Crippen LogP contribution in [0.1, 0.15) is 12.8 Å². The number of primary amides is 1. The monoisotopic (exact) mass is 627 g/mol. The third kappa shape index (κ3) is 15.6. The molecule has 2 saturated heterocycles. The maximum absolute atomic E-state index is 13.1. The summed E-state index contributed by atoms with van der Waals surface area (Å²) in [5.41, 5.74) is 4.99. The van der Waals surface area contributed by atoms with Gasteiger partial charge in [0.2, 0.25) is 29.5 Å². The van der Waals surface area contributed by atoms with Gasteiger partial charge in [-0.1, -0.05) is 0 Å². The summed E-state index contributed by atoms with van der Waals surface area (Å²) in [6, 6.07) is 0. The molecule has 0 saturated carbocycles. The molecule has 0 radical (unpaired) electrons. The number of amides is 5. The minimum absolute atomic E-state index is 0.0194. The van der Waals surface area contributed by atoms with Crippen molar-refractivity contribution in [2.24, 2.45) is 5.73 Å². The maximum atomic E-state index is 13.1. The molecule has 2 rings (SSSR count). The maximum Gasteiger partial charge on any atom is 0.317 e. The Morgan fingerprint density at radius 2 is 0.955 bits per heavy atom.